The fraction of sp³-hybridized carbons (Fsp3) is 0.333. The van der Waals surface area contributed by atoms with Crippen molar-refractivity contribution in [2.45, 2.75) is 18.8 Å². The monoisotopic (exact) mass is 302 g/mol. The molecule has 1 aromatic heterocycles. The normalized spacial score (nSPS) is 18.2. The van der Waals surface area contributed by atoms with Crippen molar-refractivity contribution in [2.75, 3.05) is 18.0 Å². The number of nitro groups is 1. The van der Waals surface area contributed by atoms with Crippen molar-refractivity contribution in [1.82, 2.24) is 9.97 Å². The highest BCUT2D eigenvalue weighted by Gasteiger charge is 2.27. The molecule has 2 aromatic rings. The van der Waals surface area contributed by atoms with Crippen LogP contribution in [0.25, 0.3) is 0 Å². The van der Waals surface area contributed by atoms with Gasteiger partial charge in [0, 0.05) is 30.9 Å². The van der Waals surface area contributed by atoms with E-state index in [1.165, 1.54) is 18.5 Å². The van der Waals surface area contributed by atoms with E-state index in [0.29, 0.717) is 18.8 Å². The number of rotatable bonds is 3. The molecule has 1 atom stereocenters. The Hall–Kier alpha value is -2.57. The molecule has 1 saturated heterocycles. The van der Waals surface area contributed by atoms with E-state index >= 15 is 0 Å². The lowest BCUT2D eigenvalue weighted by Gasteiger charge is -2.33. The van der Waals surface area contributed by atoms with E-state index in [4.69, 9.17) is 0 Å². The fourth-order valence-corrected chi connectivity index (χ4v) is 2.89. The number of anilines is 1. The Morgan fingerprint density at radius 2 is 2.23 bits per heavy atom. The maximum absolute atomic E-state index is 13.3. The maximum Gasteiger partial charge on any atom is 0.295 e. The quantitative estimate of drug-likeness (QED) is 0.644. The van der Waals surface area contributed by atoms with Crippen molar-refractivity contribution in [3.05, 3.63) is 58.4 Å². The van der Waals surface area contributed by atoms with E-state index in [1.807, 2.05) is 11.0 Å². The van der Waals surface area contributed by atoms with Gasteiger partial charge in [-0.3, -0.25) is 10.1 Å². The van der Waals surface area contributed by atoms with Gasteiger partial charge in [-0.1, -0.05) is 0 Å². The largest absolute Gasteiger partial charge is 0.365 e. The molecule has 22 heavy (non-hydrogen) atoms. The molecule has 0 aliphatic carbocycles. The van der Waals surface area contributed by atoms with Crippen molar-refractivity contribution in [2.24, 2.45) is 0 Å². The summed E-state index contributed by atoms with van der Waals surface area (Å²) < 4.78 is 13.3. The molecule has 0 N–H and O–H groups in total. The molecule has 1 fully saturated rings. The summed E-state index contributed by atoms with van der Waals surface area (Å²) in [4.78, 5) is 20.7. The Morgan fingerprint density at radius 1 is 1.36 bits per heavy atom. The third kappa shape index (κ3) is 2.88. The SMILES string of the molecule is O=[N+]([O-])c1cc(F)ccc1N1CCC[C@H](c2ccncn2)C1. The first-order valence-corrected chi connectivity index (χ1v) is 7.10. The van der Waals surface area contributed by atoms with Crippen LogP contribution in [-0.2, 0) is 0 Å². The highest BCUT2D eigenvalue weighted by Crippen LogP contribution is 2.34. The summed E-state index contributed by atoms with van der Waals surface area (Å²) in [7, 11) is 0. The van der Waals surface area contributed by atoms with Crippen molar-refractivity contribution >= 4 is 11.4 Å². The van der Waals surface area contributed by atoms with E-state index in [0.717, 1.165) is 24.6 Å². The molecular formula is C15H15FN4O2. The van der Waals surface area contributed by atoms with Crippen LogP contribution >= 0.6 is 0 Å². The van der Waals surface area contributed by atoms with Crippen molar-refractivity contribution < 1.29 is 9.31 Å². The molecule has 0 unspecified atom stereocenters. The first kappa shape index (κ1) is 14.4. The average molecular weight is 302 g/mol. The molecule has 2 heterocycles. The topological polar surface area (TPSA) is 72.2 Å². The van der Waals surface area contributed by atoms with Crippen LogP contribution in [0, 0.1) is 15.9 Å². The lowest BCUT2D eigenvalue weighted by atomic mass is 9.94. The Balaban J connectivity index is 1.88. The molecule has 114 valence electrons. The number of aromatic nitrogens is 2. The summed E-state index contributed by atoms with van der Waals surface area (Å²) in [6, 6.07) is 5.59. The van der Waals surface area contributed by atoms with E-state index in [-0.39, 0.29) is 11.6 Å². The minimum Gasteiger partial charge on any atom is -0.365 e. The van der Waals surface area contributed by atoms with Gasteiger partial charge in [0.15, 0.2) is 0 Å². The number of nitrogens with zero attached hydrogens (tertiary/aromatic N) is 4. The molecule has 3 rings (SSSR count). The molecule has 0 saturated carbocycles. The lowest BCUT2D eigenvalue weighted by molar-refractivity contribution is -0.384. The second-order valence-electron chi connectivity index (χ2n) is 5.31. The van der Waals surface area contributed by atoms with E-state index < -0.39 is 10.7 Å². The first-order chi connectivity index (χ1) is 10.6. The van der Waals surface area contributed by atoms with Crippen LogP contribution in [0.5, 0.6) is 0 Å². The van der Waals surface area contributed by atoms with Crippen LogP contribution in [0.1, 0.15) is 24.5 Å². The molecule has 7 heteroatoms. The van der Waals surface area contributed by atoms with Crippen LogP contribution in [0.2, 0.25) is 0 Å². The molecule has 1 aliphatic heterocycles. The van der Waals surface area contributed by atoms with Crippen molar-refractivity contribution in [3.63, 3.8) is 0 Å². The van der Waals surface area contributed by atoms with E-state index in [9.17, 15) is 14.5 Å². The van der Waals surface area contributed by atoms with Crippen LogP contribution in [0.3, 0.4) is 0 Å². The van der Waals surface area contributed by atoms with Gasteiger partial charge in [0.05, 0.1) is 11.0 Å². The van der Waals surface area contributed by atoms with Crippen LogP contribution < -0.4 is 4.90 Å². The Bertz CT molecular complexity index is 680. The van der Waals surface area contributed by atoms with Gasteiger partial charge < -0.3 is 4.90 Å². The van der Waals surface area contributed by atoms with Crippen LogP contribution in [0.15, 0.2) is 36.8 Å². The second-order valence-corrected chi connectivity index (χ2v) is 5.31. The van der Waals surface area contributed by atoms with Gasteiger partial charge in [-0.25, -0.2) is 14.4 Å². The van der Waals surface area contributed by atoms with Crippen LogP contribution in [-0.4, -0.2) is 28.0 Å². The van der Waals surface area contributed by atoms with Gasteiger partial charge in [-0.05, 0) is 31.0 Å². The minimum absolute atomic E-state index is 0.191. The molecule has 0 spiro atoms. The zero-order chi connectivity index (χ0) is 15.5. The molecule has 0 bridgehead atoms. The fourth-order valence-electron chi connectivity index (χ4n) is 2.89. The first-order valence-electron chi connectivity index (χ1n) is 7.10. The standard InChI is InChI=1S/C15H15FN4O2/c16-12-3-4-14(15(8-12)20(21)22)19-7-1-2-11(9-19)13-5-6-17-10-18-13/h3-6,8,10-11H,1-2,7,9H2/t11-/m0/s1. The Labute approximate surface area is 126 Å². The van der Waals surface area contributed by atoms with E-state index in [2.05, 4.69) is 9.97 Å². The van der Waals surface area contributed by atoms with Gasteiger partial charge in [0.25, 0.3) is 5.69 Å². The second kappa shape index (κ2) is 6.05. The summed E-state index contributed by atoms with van der Waals surface area (Å²) in [6.45, 7) is 1.34. The van der Waals surface area contributed by atoms with Crippen molar-refractivity contribution in [1.29, 1.82) is 0 Å². The number of benzene rings is 1. The third-order valence-electron chi connectivity index (χ3n) is 3.92. The summed E-state index contributed by atoms with van der Waals surface area (Å²) >= 11 is 0. The van der Waals surface area contributed by atoms with Gasteiger partial charge >= 0.3 is 0 Å². The van der Waals surface area contributed by atoms with Gasteiger partial charge in [0.1, 0.15) is 17.8 Å². The van der Waals surface area contributed by atoms with Gasteiger partial charge in [-0.15, -0.1) is 0 Å². The summed E-state index contributed by atoms with van der Waals surface area (Å²) in [5, 5.41) is 11.2. The summed E-state index contributed by atoms with van der Waals surface area (Å²) in [5.41, 5.74) is 1.21. The molecular weight excluding hydrogens is 287 g/mol. The Kier molecular flexibility index (Phi) is 3.95. The minimum atomic E-state index is -0.597. The highest BCUT2D eigenvalue weighted by molar-refractivity contribution is 5.63. The summed E-state index contributed by atoms with van der Waals surface area (Å²) in [6.07, 6.45) is 5.09. The van der Waals surface area contributed by atoms with Crippen molar-refractivity contribution in [3.8, 4) is 0 Å². The number of halogens is 1. The zero-order valence-electron chi connectivity index (χ0n) is 11.9. The lowest BCUT2D eigenvalue weighted by Crippen LogP contribution is -2.35. The van der Waals surface area contributed by atoms with Gasteiger partial charge in [0.2, 0.25) is 0 Å². The Morgan fingerprint density at radius 3 is 2.95 bits per heavy atom. The average Bonchev–Trinajstić information content (AvgIpc) is 2.55. The number of hydrogen-bond acceptors (Lipinski definition) is 5. The van der Waals surface area contributed by atoms with Crippen LogP contribution in [0.4, 0.5) is 15.8 Å². The predicted molar refractivity (Wildman–Crippen MR) is 79.3 cm³/mol. The number of hydrogen-bond donors (Lipinski definition) is 0. The molecule has 1 aliphatic rings. The third-order valence-corrected chi connectivity index (χ3v) is 3.92. The zero-order valence-corrected chi connectivity index (χ0v) is 11.9. The van der Waals surface area contributed by atoms with Gasteiger partial charge in [-0.2, -0.15) is 0 Å². The summed E-state index contributed by atoms with van der Waals surface area (Å²) in [5.74, 6) is -0.402. The van der Waals surface area contributed by atoms with E-state index in [1.54, 1.807) is 6.20 Å². The molecule has 0 amide bonds. The number of piperidine rings is 1. The smallest absolute Gasteiger partial charge is 0.295 e. The maximum atomic E-state index is 13.3. The predicted octanol–water partition coefficient (Wildman–Crippen LogP) is 2.91. The molecule has 6 nitrogen and oxygen atoms in total. The molecule has 1 aromatic carbocycles. The number of nitro benzene ring substituents is 1. The highest BCUT2D eigenvalue weighted by atomic mass is 19.1. The molecule has 0 radical (unpaired) electrons.